The van der Waals surface area contributed by atoms with Gasteiger partial charge in [0.15, 0.2) is 5.54 Å². The van der Waals surface area contributed by atoms with Crippen LogP contribution in [0, 0.1) is 0 Å². The van der Waals surface area contributed by atoms with Crippen LogP contribution in [0.5, 0.6) is 0 Å². The molecule has 0 aliphatic carbocycles. The number of methoxy groups -OCH3 is 1. The number of hydrazine groups is 1. The van der Waals surface area contributed by atoms with Gasteiger partial charge in [0.05, 0.1) is 13.7 Å². The van der Waals surface area contributed by atoms with E-state index in [9.17, 15) is 27.6 Å². The molecule has 1 rings (SSSR count). The predicted octanol–water partition coefficient (Wildman–Crippen LogP) is 3.23. The SMILES string of the molecule is COC(=O)C1(N(NC(=O)OC(C)(C)C)C(=O)OC(C)(C)C)CCN(CC(F)(F)F)CC1. The molecule has 2 amide bonds. The molecule has 1 heterocycles. The minimum atomic E-state index is -4.41. The molecular formula is C19H32F3N3O6. The summed E-state index contributed by atoms with van der Waals surface area (Å²) in [6, 6.07) is 0. The maximum Gasteiger partial charge on any atom is 0.430 e. The van der Waals surface area contributed by atoms with Crippen molar-refractivity contribution in [1.29, 1.82) is 0 Å². The van der Waals surface area contributed by atoms with E-state index in [0.29, 0.717) is 5.01 Å². The second-order valence-corrected chi connectivity index (χ2v) is 9.34. The molecular weight excluding hydrogens is 423 g/mol. The summed E-state index contributed by atoms with van der Waals surface area (Å²) in [5.74, 6) is -0.888. The summed E-state index contributed by atoms with van der Waals surface area (Å²) in [6.45, 7) is 8.11. The van der Waals surface area contributed by atoms with Crippen LogP contribution < -0.4 is 5.43 Å². The van der Waals surface area contributed by atoms with Crippen LogP contribution in [0.25, 0.3) is 0 Å². The van der Waals surface area contributed by atoms with Crippen molar-refractivity contribution in [2.24, 2.45) is 0 Å². The number of carbonyl (C=O) groups excluding carboxylic acids is 3. The monoisotopic (exact) mass is 455 g/mol. The van der Waals surface area contributed by atoms with Crippen LogP contribution in [0.2, 0.25) is 0 Å². The highest BCUT2D eigenvalue weighted by Gasteiger charge is 2.53. The second-order valence-electron chi connectivity index (χ2n) is 9.34. The first-order valence-electron chi connectivity index (χ1n) is 9.79. The molecule has 9 nitrogen and oxygen atoms in total. The fourth-order valence-electron chi connectivity index (χ4n) is 3.07. The largest absolute Gasteiger partial charge is 0.467 e. The zero-order chi connectivity index (χ0) is 24.3. The minimum Gasteiger partial charge on any atom is -0.467 e. The van der Waals surface area contributed by atoms with Crippen LogP contribution in [0.3, 0.4) is 0 Å². The molecule has 0 aromatic carbocycles. The number of esters is 1. The first kappa shape index (κ1) is 26.8. The molecule has 12 heteroatoms. The number of nitrogens with zero attached hydrogens (tertiary/aromatic N) is 2. The van der Waals surface area contributed by atoms with E-state index in [-0.39, 0.29) is 25.9 Å². The molecule has 0 atom stereocenters. The third kappa shape index (κ3) is 8.42. The Balaban J connectivity index is 3.25. The lowest BCUT2D eigenvalue weighted by molar-refractivity contribution is -0.167. The number of halogens is 3. The van der Waals surface area contributed by atoms with E-state index in [1.165, 1.54) is 0 Å². The van der Waals surface area contributed by atoms with E-state index in [0.717, 1.165) is 12.0 Å². The van der Waals surface area contributed by atoms with Gasteiger partial charge in [-0.2, -0.15) is 18.2 Å². The number of hydrogen-bond donors (Lipinski definition) is 1. The van der Waals surface area contributed by atoms with Gasteiger partial charge in [-0.05, 0) is 54.4 Å². The van der Waals surface area contributed by atoms with Gasteiger partial charge in [-0.3, -0.25) is 4.90 Å². The van der Waals surface area contributed by atoms with E-state index in [1.807, 2.05) is 0 Å². The van der Waals surface area contributed by atoms with E-state index < -0.39 is 47.6 Å². The van der Waals surface area contributed by atoms with Crippen molar-refractivity contribution in [2.75, 3.05) is 26.7 Å². The molecule has 1 N–H and O–H groups in total. The number of alkyl halides is 3. The molecule has 0 unspecified atom stereocenters. The molecule has 180 valence electrons. The Labute approximate surface area is 180 Å². The number of rotatable bonds is 3. The van der Waals surface area contributed by atoms with Crippen molar-refractivity contribution in [2.45, 2.75) is 77.3 Å². The van der Waals surface area contributed by atoms with Crippen LogP contribution in [-0.4, -0.2) is 77.7 Å². The summed E-state index contributed by atoms with van der Waals surface area (Å²) in [6.07, 6.45) is -6.94. The van der Waals surface area contributed by atoms with Crippen LogP contribution in [0.1, 0.15) is 54.4 Å². The standard InChI is InChI=1S/C19H32F3N3O6/c1-16(2,3)30-14(27)23-25(15(28)31-17(4,5)6)18(13(26)29-7)8-10-24(11-9-18)12-19(20,21)22/h8-12H2,1-7H3,(H,23,27). The number of nitrogens with one attached hydrogen (secondary N) is 1. The lowest BCUT2D eigenvalue weighted by Gasteiger charge is -2.45. The van der Waals surface area contributed by atoms with Gasteiger partial charge in [-0.1, -0.05) is 0 Å². The van der Waals surface area contributed by atoms with Gasteiger partial charge < -0.3 is 14.2 Å². The van der Waals surface area contributed by atoms with Gasteiger partial charge >= 0.3 is 24.3 Å². The number of likely N-dealkylation sites (tertiary alicyclic amines) is 1. The van der Waals surface area contributed by atoms with Crippen LogP contribution in [-0.2, 0) is 19.0 Å². The molecule has 31 heavy (non-hydrogen) atoms. The minimum absolute atomic E-state index is 0.163. The molecule has 1 aliphatic rings. The summed E-state index contributed by atoms with van der Waals surface area (Å²) in [7, 11) is 1.09. The van der Waals surface area contributed by atoms with Crippen molar-refractivity contribution in [3.63, 3.8) is 0 Å². The van der Waals surface area contributed by atoms with Gasteiger partial charge in [-0.15, -0.1) is 0 Å². The lowest BCUT2D eigenvalue weighted by Crippen LogP contribution is -2.68. The predicted molar refractivity (Wildman–Crippen MR) is 104 cm³/mol. The Morgan fingerprint density at radius 1 is 0.968 bits per heavy atom. The number of piperidine rings is 1. The quantitative estimate of drug-likeness (QED) is 0.396. The molecule has 0 radical (unpaired) electrons. The van der Waals surface area contributed by atoms with Crippen molar-refractivity contribution in [1.82, 2.24) is 15.3 Å². The Morgan fingerprint density at radius 3 is 1.84 bits per heavy atom. The molecule has 0 spiro atoms. The fourth-order valence-corrected chi connectivity index (χ4v) is 3.07. The smallest absolute Gasteiger partial charge is 0.430 e. The van der Waals surface area contributed by atoms with Gasteiger partial charge in [-0.25, -0.2) is 19.8 Å². The fraction of sp³-hybridized carbons (Fsp3) is 0.842. The van der Waals surface area contributed by atoms with E-state index >= 15 is 0 Å². The summed E-state index contributed by atoms with van der Waals surface area (Å²) in [5, 5.41) is 0.684. The number of hydrogen-bond acceptors (Lipinski definition) is 7. The molecule has 0 aromatic heterocycles. The second kappa shape index (κ2) is 9.49. The Hall–Kier alpha value is -2.24. The third-order valence-corrected chi connectivity index (χ3v) is 4.26. The topological polar surface area (TPSA) is 97.4 Å². The first-order chi connectivity index (χ1) is 13.9. The zero-order valence-electron chi connectivity index (χ0n) is 19.0. The van der Waals surface area contributed by atoms with Crippen molar-refractivity contribution in [3.8, 4) is 0 Å². The zero-order valence-corrected chi connectivity index (χ0v) is 19.0. The average Bonchev–Trinajstić information content (AvgIpc) is 2.55. The van der Waals surface area contributed by atoms with Crippen molar-refractivity contribution < 1.29 is 41.8 Å². The Bertz CT molecular complexity index is 662. The molecule has 0 saturated carbocycles. The normalized spacial score (nSPS) is 17.5. The first-order valence-corrected chi connectivity index (χ1v) is 9.79. The highest BCUT2D eigenvalue weighted by atomic mass is 19.4. The number of carbonyl (C=O) groups is 3. The molecule has 0 bridgehead atoms. The maximum atomic E-state index is 12.9. The Morgan fingerprint density at radius 2 is 1.45 bits per heavy atom. The lowest BCUT2D eigenvalue weighted by atomic mass is 9.86. The average molecular weight is 455 g/mol. The van der Waals surface area contributed by atoms with Crippen LogP contribution in [0.4, 0.5) is 22.8 Å². The van der Waals surface area contributed by atoms with Gasteiger partial charge in [0.1, 0.15) is 11.2 Å². The summed E-state index contributed by atoms with van der Waals surface area (Å²) in [4.78, 5) is 39.2. The number of amides is 2. The van der Waals surface area contributed by atoms with Gasteiger partial charge in [0.2, 0.25) is 0 Å². The van der Waals surface area contributed by atoms with Crippen LogP contribution >= 0.6 is 0 Å². The van der Waals surface area contributed by atoms with Crippen LogP contribution in [0.15, 0.2) is 0 Å². The molecule has 1 aliphatic heterocycles. The van der Waals surface area contributed by atoms with E-state index in [4.69, 9.17) is 14.2 Å². The summed E-state index contributed by atoms with van der Waals surface area (Å²) >= 11 is 0. The summed E-state index contributed by atoms with van der Waals surface area (Å²) in [5.41, 5.74) is -1.40. The molecule has 1 fully saturated rings. The highest BCUT2D eigenvalue weighted by molar-refractivity contribution is 5.87. The third-order valence-electron chi connectivity index (χ3n) is 4.26. The van der Waals surface area contributed by atoms with Gasteiger partial charge in [0.25, 0.3) is 0 Å². The highest BCUT2D eigenvalue weighted by Crippen LogP contribution is 2.32. The summed E-state index contributed by atoms with van der Waals surface area (Å²) < 4.78 is 53.7. The van der Waals surface area contributed by atoms with Crippen molar-refractivity contribution >= 4 is 18.2 Å². The number of ether oxygens (including phenoxy) is 3. The van der Waals surface area contributed by atoms with Crippen molar-refractivity contribution in [3.05, 3.63) is 0 Å². The maximum absolute atomic E-state index is 12.9. The van der Waals surface area contributed by atoms with E-state index in [1.54, 1.807) is 41.5 Å². The Kier molecular flexibility index (Phi) is 8.21. The van der Waals surface area contributed by atoms with E-state index in [2.05, 4.69) is 5.43 Å². The molecule has 1 saturated heterocycles. The molecule has 0 aromatic rings. The van der Waals surface area contributed by atoms with Gasteiger partial charge in [0, 0.05) is 13.1 Å².